The van der Waals surface area contributed by atoms with Gasteiger partial charge in [-0.15, -0.1) is 0 Å². The molecule has 1 aliphatic rings. The summed E-state index contributed by atoms with van der Waals surface area (Å²) in [5, 5.41) is 15.7. The van der Waals surface area contributed by atoms with Crippen LogP contribution in [0.4, 0.5) is 0 Å². The molecule has 0 aromatic carbocycles. The van der Waals surface area contributed by atoms with Crippen molar-refractivity contribution >= 4 is 5.91 Å². The zero-order chi connectivity index (χ0) is 11.1. The van der Waals surface area contributed by atoms with E-state index in [-0.39, 0.29) is 5.91 Å². The summed E-state index contributed by atoms with van der Waals surface area (Å²) in [5.74, 6) is -0.0659. The Bertz CT molecular complexity index is 203. The van der Waals surface area contributed by atoms with Crippen LogP contribution in [0.3, 0.4) is 0 Å². The number of nitrogens with one attached hydrogen (secondary N) is 2. The van der Waals surface area contributed by atoms with Crippen molar-refractivity contribution in [1.29, 1.82) is 0 Å². The van der Waals surface area contributed by atoms with E-state index >= 15 is 0 Å². The highest BCUT2D eigenvalue weighted by molar-refractivity contribution is 5.76. The summed E-state index contributed by atoms with van der Waals surface area (Å²) in [6.45, 7) is 4.65. The van der Waals surface area contributed by atoms with Crippen molar-refractivity contribution in [2.75, 3.05) is 32.8 Å². The molecule has 1 fully saturated rings. The molecule has 88 valence electrons. The summed E-state index contributed by atoms with van der Waals surface area (Å²) in [7, 11) is 0. The standard InChI is InChI=1S/C10H20N2O3/c1-2-15-6-3-9(13)12-8-10(14)4-5-11-7-10/h11,14H,2-8H2,1H3,(H,12,13). The highest BCUT2D eigenvalue weighted by atomic mass is 16.5. The van der Waals surface area contributed by atoms with Gasteiger partial charge in [0.05, 0.1) is 12.2 Å². The van der Waals surface area contributed by atoms with Crippen LogP contribution in [0.5, 0.6) is 0 Å². The number of rotatable bonds is 6. The van der Waals surface area contributed by atoms with E-state index in [1.807, 2.05) is 6.92 Å². The van der Waals surface area contributed by atoms with Gasteiger partial charge in [0.25, 0.3) is 0 Å². The maximum Gasteiger partial charge on any atom is 0.222 e. The Kier molecular flexibility index (Phi) is 5.01. The fraction of sp³-hybridized carbons (Fsp3) is 0.900. The lowest BCUT2D eigenvalue weighted by molar-refractivity contribution is -0.123. The maximum absolute atomic E-state index is 11.3. The van der Waals surface area contributed by atoms with Crippen molar-refractivity contribution in [3.05, 3.63) is 0 Å². The van der Waals surface area contributed by atoms with Crippen molar-refractivity contribution in [3.63, 3.8) is 0 Å². The number of hydrogen-bond acceptors (Lipinski definition) is 4. The summed E-state index contributed by atoms with van der Waals surface area (Å²) in [5.41, 5.74) is -0.763. The fourth-order valence-corrected chi connectivity index (χ4v) is 1.54. The molecule has 1 aliphatic heterocycles. The quantitative estimate of drug-likeness (QED) is 0.511. The molecule has 0 radical (unpaired) electrons. The van der Waals surface area contributed by atoms with Crippen LogP contribution in [-0.2, 0) is 9.53 Å². The van der Waals surface area contributed by atoms with Gasteiger partial charge in [-0.25, -0.2) is 0 Å². The Labute approximate surface area is 90.2 Å². The van der Waals surface area contributed by atoms with Crippen LogP contribution in [0.2, 0.25) is 0 Å². The average molecular weight is 216 g/mol. The van der Waals surface area contributed by atoms with Crippen molar-refractivity contribution in [2.24, 2.45) is 0 Å². The zero-order valence-electron chi connectivity index (χ0n) is 9.21. The van der Waals surface area contributed by atoms with Crippen LogP contribution in [-0.4, -0.2) is 49.5 Å². The molecular weight excluding hydrogens is 196 g/mol. The van der Waals surface area contributed by atoms with E-state index < -0.39 is 5.60 Å². The summed E-state index contributed by atoms with van der Waals surface area (Å²) in [6, 6.07) is 0. The van der Waals surface area contributed by atoms with Crippen LogP contribution in [0, 0.1) is 0 Å². The molecule has 0 bridgehead atoms. The fourth-order valence-electron chi connectivity index (χ4n) is 1.54. The van der Waals surface area contributed by atoms with E-state index in [1.54, 1.807) is 0 Å². The molecule has 0 aliphatic carbocycles. The number of β-amino-alcohol motifs (C(OH)–C–C–N with tert-alkyl or cyclic N) is 1. The Hall–Kier alpha value is -0.650. The van der Waals surface area contributed by atoms with Crippen LogP contribution in [0.25, 0.3) is 0 Å². The first-order chi connectivity index (χ1) is 7.16. The molecule has 0 aromatic rings. The molecule has 5 heteroatoms. The highest BCUT2D eigenvalue weighted by Gasteiger charge is 2.30. The molecule has 1 amide bonds. The summed E-state index contributed by atoms with van der Waals surface area (Å²) < 4.78 is 5.07. The lowest BCUT2D eigenvalue weighted by atomic mass is 10.0. The van der Waals surface area contributed by atoms with Crippen molar-refractivity contribution in [2.45, 2.75) is 25.4 Å². The molecule has 15 heavy (non-hydrogen) atoms. The van der Waals surface area contributed by atoms with Gasteiger partial charge < -0.3 is 20.5 Å². The molecule has 1 rings (SSSR count). The lowest BCUT2D eigenvalue weighted by Gasteiger charge is -2.21. The van der Waals surface area contributed by atoms with Gasteiger partial charge in [0.1, 0.15) is 0 Å². The second-order valence-corrected chi connectivity index (χ2v) is 3.87. The molecule has 0 saturated carbocycles. The minimum atomic E-state index is -0.763. The van der Waals surface area contributed by atoms with Crippen LogP contribution in [0.15, 0.2) is 0 Å². The van der Waals surface area contributed by atoms with E-state index in [2.05, 4.69) is 10.6 Å². The highest BCUT2D eigenvalue weighted by Crippen LogP contribution is 2.12. The number of hydrogen-bond donors (Lipinski definition) is 3. The van der Waals surface area contributed by atoms with E-state index in [0.29, 0.717) is 39.1 Å². The maximum atomic E-state index is 11.3. The van der Waals surface area contributed by atoms with Gasteiger partial charge in [0, 0.05) is 26.1 Å². The number of carbonyl (C=O) groups is 1. The number of aliphatic hydroxyl groups is 1. The Morgan fingerprint density at radius 3 is 3.07 bits per heavy atom. The third-order valence-corrected chi connectivity index (χ3v) is 2.51. The van der Waals surface area contributed by atoms with Gasteiger partial charge in [-0.1, -0.05) is 0 Å². The van der Waals surface area contributed by atoms with E-state index in [0.717, 1.165) is 6.54 Å². The number of amides is 1. The number of ether oxygens (including phenoxy) is 1. The first-order valence-electron chi connectivity index (χ1n) is 5.44. The molecule has 1 heterocycles. The zero-order valence-corrected chi connectivity index (χ0v) is 9.21. The Balaban J connectivity index is 2.10. The van der Waals surface area contributed by atoms with Crippen LogP contribution in [0.1, 0.15) is 19.8 Å². The molecule has 1 saturated heterocycles. The van der Waals surface area contributed by atoms with Gasteiger partial charge in [0.2, 0.25) is 5.91 Å². The number of carbonyl (C=O) groups excluding carboxylic acids is 1. The minimum Gasteiger partial charge on any atom is -0.387 e. The van der Waals surface area contributed by atoms with E-state index in [9.17, 15) is 9.90 Å². The minimum absolute atomic E-state index is 0.0659. The second kappa shape index (κ2) is 6.05. The first kappa shape index (κ1) is 12.4. The predicted molar refractivity (Wildman–Crippen MR) is 56.6 cm³/mol. The van der Waals surface area contributed by atoms with Crippen LogP contribution >= 0.6 is 0 Å². The predicted octanol–water partition coefficient (Wildman–Crippen LogP) is -0.746. The lowest BCUT2D eigenvalue weighted by Crippen LogP contribution is -2.44. The third-order valence-electron chi connectivity index (χ3n) is 2.51. The van der Waals surface area contributed by atoms with Crippen molar-refractivity contribution in [1.82, 2.24) is 10.6 Å². The monoisotopic (exact) mass is 216 g/mol. The van der Waals surface area contributed by atoms with E-state index in [4.69, 9.17) is 4.74 Å². The first-order valence-corrected chi connectivity index (χ1v) is 5.44. The SMILES string of the molecule is CCOCCC(=O)NCC1(O)CCNC1. The smallest absolute Gasteiger partial charge is 0.222 e. The van der Waals surface area contributed by atoms with Gasteiger partial charge >= 0.3 is 0 Å². The Morgan fingerprint density at radius 1 is 1.67 bits per heavy atom. The van der Waals surface area contributed by atoms with Crippen LogP contribution < -0.4 is 10.6 Å². The topological polar surface area (TPSA) is 70.6 Å². The van der Waals surface area contributed by atoms with Gasteiger partial charge in [-0.05, 0) is 19.9 Å². The van der Waals surface area contributed by atoms with Gasteiger partial charge in [-0.3, -0.25) is 4.79 Å². The summed E-state index contributed by atoms with van der Waals surface area (Å²) >= 11 is 0. The molecule has 1 atom stereocenters. The van der Waals surface area contributed by atoms with Gasteiger partial charge in [0.15, 0.2) is 0 Å². The molecule has 0 spiro atoms. The molecule has 1 unspecified atom stereocenters. The van der Waals surface area contributed by atoms with Gasteiger partial charge in [-0.2, -0.15) is 0 Å². The van der Waals surface area contributed by atoms with Crippen molar-refractivity contribution in [3.8, 4) is 0 Å². The second-order valence-electron chi connectivity index (χ2n) is 3.87. The molecule has 0 aromatic heterocycles. The third kappa shape index (κ3) is 4.59. The van der Waals surface area contributed by atoms with E-state index in [1.165, 1.54) is 0 Å². The average Bonchev–Trinajstić information content (AvgIpc) is 2.64. The molecule has 3 N–H and O–H groups in total. The summed E-state index contributed by atoms with van der Waals surface area (Å²) in [6.07, 6.45) is 1.05. The summed E-state index contributed by atoms with van der Waals surface area (Å²) in [4.78, 5) is 11.3. The normalized spacial score (nSPS) is 25.5. The largest absolute Gasteiger partial charge is 0.387 e. The molecular formula is C10H20N2O3. The van der Waals surface area contributed by atoms with Crippen molar-refractivity contribution < 1.29 is 14.6 Å². The molecule has 5 nitrogen and oxygen atoms in total. The Morgan fingerprint density at radius 2 is 2.47 bits per heavy atom.